The molecule has 3 unspecified atom stereocenters. The number of hydrogen-bond acceptors (Lipinski definition) is 2. The summed E-state index contributed by atoms with van der Waals surface area (Å²) in [5.41, 5.74) is 1.78. The van der Waals surface area contributed by atoms with E-state index in [1.807, 2.05) is 36.2 Å². The number of hydrogen-bond donors (Lipinski definition) is 1. The van der Waals surface area contributed by atoms with Crippen LogP contribution in [0.3, 0.4) is 0 Å². The number of carbonyl (C=O) groups excluding carboxylic acids is 2. The number of carbonyl (C=O) groups is 2. The molecule has 0 spiro atoms. The lowest BCUT2D eigenvalue weighted by molar-refractivity contribution is -0.131. The van der Waals surface area contributed by atoms with Crippen LogP contribution < -0.4 is 5.32 Å². The number of nitrogens with zero attached hydrogens (tertiary/aromatic N) is 1. The Hall–Kier alpha value is -1.84. The van der Waals surface area contributed by atoms with E-state index in [0.717, 1.165) is 30.2 Å². The Labute approximate surface area is 150 Å². The summed E-state index contributed by atoms with van der Waals surface area (Å²) in [7, 11) is 1.89. The van der Waals surface area contributed by atoms with Gasteiger partial charge in [-0.2, -0.15) is 0 Å². The molecule has 0 heterocycles. The fourth-order valence-electron chi connectivity index (χ4n) is 4.63. The van der Waals surface area contributed by atoms with Crippen molar-refractivity contribution in [2.45, 2.75) is 57.5 Å². The summed E-state index contributed by atoms with van der Waals surface area (Å²) in [5.74, 6) is 2.57. The highest BCUT2D eigenvalue weighted by atomic mass is 16.2. The van der Waals surface area contributed by atoms with Gasteiger partial charge < -0.3 is 10.2 Å². The fraction of sp³-hybridized carbons (Fsp3) is 0.619. The van der Waals surface area contributed by atoms with Crippen LogP contribution in [0.25, 0.3) is 0 Å². The van der Waals surface area contributed by atoms with Crippen LogP contribution in [0.1, 0.15) is 60.9 Å². The van der Waals surface area contributed by atoms with E-state index in [1.165, 1.54) is 25.7 Å². The van der Waals surface area contributed by atoms with Crippen molar-refractivity contribution in [3.05, 3.63) is 35.4 Å². The van der Waals surface area contributed by atoms with E-state index in [1.54, 1.807) is 0 Å². The molecule has 3 atom stereocenters. The van der Waals surface area contributed by atoms with E-state index < -0.39 is 0 Å². The largest absolute Gasteiger partial charge is 0.349 e. The molecule has 2 bridgehead atoms. The van der Waals surface area contributed by atoms with Gasteiger partial charge in [-0.1, -0.05) is 18.6 Å². The number of nitrogens with one attached hydrogen (secondary N) is 1. The van der Waals surface area contributed by atoms with E-state index in [9.17, 15) is 9.59 Å². The van der Waals surface area contributed by atoms with Gasteiger partial charge >= 0.3 is 0 Å². The standard InChI is InChI=1S/C21H28N2O2/c1-23(20(24)12-18-11-15-4-7-17(18)10-15)13-14-2-5-16(6-3-14)21(25)22-19-8-9-19/h2-3,5-6,15,17-19H,4,7-13H2,1H3,(H,22,25). The molecule has 25 heavy (non-hydrogen) atoms. The first-order valence-electron chi connectivity index (χ1n) is 9.72. The van der Waals surface area contributed by atoms with Crippen LogP contribution in [0, 0.1) is 17.8 Å². The first-order chi connectivity index (χ1) is 12.1. The van der Waals surface area contributed by atoms with Crippen molar-refractivity contribution in [1.29, 1.82) is 0 Å². The Kier molecular flexibility index (Phi) is 4.53. The molecule has 1 aromatic rings. The number of rotatable bonds is 6. The minimum absolute atomic E-state index is 0.00904. The molecule has 0 saturated heterocycles. The number of amides is 2. The van der Waals surface area contributed by atoms with Crippen LogP contribution in [0.4, 0.5) is 0 Å². The summed E-state index contributed by atoms with van der Waals surface area (Å²) in [6.45, 7) is 0.615. The van der Waals surface area contributed by atoms with Crippen molar-refractivity contribution in [3.63, 3.8) is 0 Å². The first kappa shape index (κ1) is 16.6. The second kappa shape index (κ2) is 6.81. The molecule has 1 aromatic carbocycles. The van der Waals surface area contributed by atoms with Crippen LogP contribution in [0.2, 0.25) is 0 Å². The molecule has 3 saturated carbocycles. The van der Waals surface area contributed by atoms with E-state index in [0.29, 0.717) is 30.5 Å². The van der Waals surface area contributed by atoms with Crippen molar-refractivity contribution >= 4 is 11.8 Å². The molecule has 4 nitrogen and oxygen atoms in total. The van der Waals surface area contributed by atoms with Crippen LogP contribution in [0.5, 0.6) is 0 Å². The van der Waals surface area contributed by atoms with Crippen molar-refractivity contribution in [2.75, 3.05) is 7.05 Å². The molecule has 0 radical (unpaired) electrons. The average molecular weight is 340 g/mol. The zero-order valence-electron chi connectivity index (χ0n) is 15.0. The summed E-state index contributed by atoms with van der Waals surface area (Å²) in [6.07, 6.45) is 8.22. The lowest BCUT2D eigenvalue weighted by Gasteiger charge is -2.24. The van der Waals surface area contributed by atoms with Crippen LogP contribution in [-0.4, -0.2) is 29.8 Å². The zero-order chi connectivity index (χ0) is 17.4. The average Bonchev–Trinajstić information content (AvgIpc) is 3.17. The van der Waals surface area contributed by atoms with E-state index in [2.05, 4.69) is 5.32 Å². The van der Waals surface area contributed by atoms with Crippen molar-refractivity contribution < 1.29 is 9.59 Å². The van der Waals surface area contributed by atoms with Crippen LogP contribution >= 0.6 is 0 Å². The maximum atomic E-state index is 12.5. The Bertz CT molecular complexity index is 650. The second-order valence-electron chi connectivity index (χ2n) is 8.33. The fourth-order valence-corrected chi connectivity index (χ4v) is 4.63. The Morgan fingerprint density at radius 3 is 2.44 bits per heavy atom. The third kappa shape index (κ3) is 3.88. The lowest BCUT2D eigenvalue weighted by atomic mass is 9.86. The molecule has 2 amide bonds. The summed E-state index contributed by atoms with van der Waals surface area (Å²) in [4.78, 5) is 26.4. The van der Waals surface area contributed by atoms with E-state index in [-0.39, 0.29) is 11.8 Å². The maximum Gasteiger partial charge on any atom is 0.251 e. The van der Waals surface area contributed by atoms with Crippen molar-refractivity contribution in [1.82, 2.24) is 10.2 Å². The molecule has 1 N–H and O–H groups in total. The quantitative estimate of drug-likeness (QED) is 0.863. The SMILES string of the molecule is CN(Cc1ccc(C(=O)NC2CC2)cc1)C(=O)CC1CC2CCC1C2. The zero-order valence-corrected chi connectivity index (χ0v) is 15.0. The van der Waals surface area contributed by atoms with Crippen molar-refractivity contribution in [2.24, 2.45) is 17.8 Å². The second-order valence-corrected chi connectivity index (χ2v) is 8.33. The summed E-state index contributed by atoms with van der Waals surface area (Å²) in [5, 5.41) is 3.00. The van der Waals surface area contributed by atoms with E-state index >= 15 is 0 Å². The van der Waals surface area contributed by atoms with Gasteiger partial charge in [-0.05, 0) is 67.6 Å². The van der Waals surface area contributed by atoms with Gasteiger partial charge in [0.25, 0.3) is 5.91 Å². The van der Waals surface area contributed by atoms with Gasteiger partial charge in [0.2, 0.25) is 5.91 Å². The van der Waals surface area contributed by atoms with Gasteiger partial charge in [-0.25, -0.2) is 0 Å². The Morgan fingerprint density at radius 2 is 1.84 bits per heavy atom. The molecule has 3 aliphatic carbocycles. The van der Waals surface area contributed by atoms with Gasteiger partial charge in [-0.15, -0.1) is 0 Å². The van der Waals surface area contributed by atoms with Gasteiger partial charge in [0.1, 0.15) is 0 Å². The normalized spacial score (nSPS) is 27.3. The topological polar surface area (TPSA) is 49.4 Å². The van der Waals surface area contributed by atoms with Gasteiger partial charge in [0.15, 0.2) is 0 Å². The minimum atomic E-state index is 0.00904. The van der Waals surface area contributed by atoms with E-state index in [4.69, 9.17) is 0 Å². The molecule has 0 aliphatic heterocycles. The molecular weight excluding hydrogens is 312 g/mol. The van der Waals surface area contributed by atoms with Gasteiger partial charge in [0, 0.05) is 31.6 Å². The molecule has 3 aliphatic rings. The molecule has 4 rings (SSSR count). The maximum absolute atomic E-state index is 12.5. The predicted octanol–water partition coefficient (Wildman–Crippen LogP) is 3.36. The summed E-state index contributed by atoms with van der Waals surface area (Å²) < 4.78 is 0. The Balaban J connectivity index is 1.28. The summed E-state index contributed by atoms with van der Waals surface area (Å²) in [6, 6.07) is 8.02. The Morgan fingerprint density at radius 1 is 1.08 bits per heavy atom. The summed E-state index contributed by atoms with van der Waals surface area (Å²) >= 11 is 0. The number of benzene rings is 1. The minimum Gasteiger partial charge on any atom is -0.349 e. The van der Waals surface area contributed by atoms with Crippen molar-refractivity contribution in [3.8, 4) is 0 Å². The first-order valence-corrected chi connectivity index (χ1v) is 9.72. The van der Waals surface area contributed by atoms with Crippen LogP contribution in [-0.2, 0) is 11.3 Å². The molecule has 3 fully saturated rings. The molecular formula is C21H28N2O2. The molecule has 134 valence electrons. The smallest absolute Gasteiger partial charge is 0.251 e. The lowest BCUT2D eigenvalue weighted by Crippen LogP contribution is -2.29. The third-order valence-electron chi connectivity index (χ3n) is 6.30. The molecule has 0 aromatic heterocycles. The highest BCUT2D eigenvalue weighted by Gasteiger charge is 2.40. The van der Waals surface area contributed by atoms with Gasteiger partial charge in [0.05, 0.1) is 0 Å². The van der Waals surface area contributed by atoms with Crippen LogP contribution in [0.15, 0.2) is 24.3 Å². The highest BCUT2D eigenvalue weighted by Crippen LogP contribution is 2.49. The third-order valence-corrected chi connectivity index (χ3v) is 6.30. The monoisotopic (exact) mass is 340 g/mol. The van der Waals surface area contributed by atoms with Gasteiger partial charge in [-0.3, -0.25) is 9.59 Å². The predicted molar refractivity (Wildman–Crippen MR) is 97.0 cm³/mol. The molecule has 4 heteroatoms. The number of fused-ring (bicyclic) bond motifs is 2. The highest BCUT2D eigenvalue weighted by molar-refractivity contribution is 5.94.